The lowest BCUT2D eigenvalue weighted by molar-refractivity contribution is 0.338. The van der Waals surface area contributed by atoms with Crippen LogP contribution < -0.4 is 5.32 Å². The molecule has 2 atom stereocenters. The first-order chi connectivity index (χ1) is 10.3. The Morgan fingerprint density at radius 2 is 2.10 bits per heavy atom. The van der Waals surface area contributed by atoms with E-state index < -0.39 is 0 Å². The molecular weight excluding hydrogens is 284 g/mol. The number of fused-ring (bicyclic) bond motifs is 2. The quantitative estimate of drug-likeness (QED) is 0.944. The van der Waals surface area contributed by atoms with E-state index in [1.165, 1.54) is 12.8 Å². The van der Waals surface area contributed by atoms with Crippen LogP contribution in [-0.4, -0.2) is 27.2 Å². The molecule has 0 spiro atoms. The number of rotatable bonds is 3. The summed E-state index contributed by atoms with van der Waals surface area (Å²) >= 11 is 1.65. The minimum Gasteiger partial charge on any atom is -0.335 e. The number of aromatic nitrogens is 3. The summed E-state index contributed by atoms with van der Waals surface area (Å²) in [4.78, 5) is 9.87. The Morgan fingerprint density at radius 1 is 1.29 bits per heavy atom. The Bertz CT molecular complexity index is 650. The number of nitrogens with zero attached hydrogens (tertiary/aromatic N) is 3. The predicted molar refractivity (Wildman–Crippen MR) is 82.0 cm³/mol. The molecular formula is C15H18N4OS. The lowest BCUT2D eigenvalue weighted by Gasteiger charge is -2.26. The SMILES string of the molecule is Cc1ncc(/C=C/c2nc(C3CC4CCC(C3)N4)no2)s1. The molecule has 2 aliphatic heterocycles. The predicted octanol–water partition coefficient (Wildman–Crippen LogP) is 3.00. The van der Waals surface area contributed by atoms with Gasteiger partial charge in [-0.1, -0.05) is 5.16 Å². The van der Waals surface area contributed by atoms with Gasteiger partial charge in [0.2, 0.25) is 0 Å². The van der Waals surface area contributed by atoms with Gasteiger partial charge in [0.05, 0.1) is 5.01 Å². The molecule has 110 valence electrons. The van der Waals surface area contributed by atoms with Crippen molar-refractivity contribution in [2.75, 3.05) is 0 Å². The molecule has 1 N–H and O–H groups in total. The molecule has 5 nitrogen and oxygen atoms in total. The number of aryl methyl sites for hydroxylation is 1. The topological polar surface area (TPSA) is 63.8 Å². The van der Waals surface area contributed by atoms with Gasteiger partial charge in [0, 0.05) is 35.2 Å². The highest BCUT2D eigenvalue weighted by molar-refractivity contribution is 7.12. The van der Waals surface area contributed by atoms with E-state index in [4.69, 9.17) is 4.52 Å². The highest BCUT2D eigenvalue weighted by Crippen LogP contribution is 2.35. The Morgan fingerprint density at radius 3 is 2.81 bits per heavy atom. The molecule has 0 aromatic carbocycles. The third kappa shape index (κ3) is 2.78. The fourth-order valence-corrected chi connectivity index (χ4v) is 4.05. The average molecular weight is 302 g/mol. The summed E-state index contributed by atoms with van der Waals surface area (Å²) in [6.07, 6.45) is 10.6. The molecule has 0 aliphatic carbocycles. The largest absolute Gasteiger partial charge is 0.335 e. The molecule has 2 saturated heterocycles. The van der Waals surface area contributed by atoms with Crippen LogP contribution in [0.25, 0.3) is 12.2 Å². The molecule has 0 saturated carbocycles. The van der Waals surface area contributed by atoms with E-state index in [2.05, 4.69) is 20.4 Å². The first kappa shape index (κ1) is 13.2. The fraction of sp³-hybridized carbons (Fsp3) is 0.533. The van der Waals surface area contributed by atoms with Gasteiger partial charge >= 0.3 is 0 Å². The number of nitrogens with one attached hydrogen (secondary N) is 1. The zero-order valence-corrected chi connectivity index (χ0v) is 12.8. The lowest BCUT2D eigenvalue weighted by atomic mass is 9.92. The normalized spacial score (nSPS) is 28.5. The van der Waals surface area contributed by atoms with Gasteiger partial charge < -0.3 is 9.84 Å². The molecule has 6 heteroatoms. The van der Waals surface area contributed by atoms with Crippen molar-refractivity contribution in [3.05, 3.63) is 27.8 Å². The molecule has 4 rings (SSSR count). The summed E-state index contributed by atoms with van der Waals surface area (Å²) in [5.74, 6) is 1.90. The molecule has 4 heterocycles. The first-order valence-corrected chi connectivity index (χ1v) is 8.28. The Balaban J connectivity index is 1.47. The van der Waals surface area contributed by atoms with Gasteiger partial charge in [-0.15, -0.1) is 11.3 Å². The molecule has 2 aliphatic rings. The minimum absolute atomic E-state index is 0.445. The smallest absolute Gasteiger partial charge is 0.250 e. The summed E-state index contributed by atoms with van der Waals surface area (Å²) in [7, 11) is 0. The maximum absolute atomic E-state index is 5.35. The number of thiazole rings is 1. The van der Waals surface area contributed by atoms with Crippen LogP contribution >= 0.6 is 11.3 Å². The molecule has 2 aromatic heterocycles. The molecule has 2 bridgehead atoms. The van der Waals surface area contributed by atoms with Crippen molar-refractivity contribution >= 4 is 23.5 Å². The fourth-order valence-electron chi connectivity index (χ4n) is 3.36. The minimum atomic E-state index is 0.445. The summed E-state index contributed by atoms with van der Waals surface area (Å²) in [6.45, 7) is 2.00. The van der Waals surface area contributed by atoms with Crippen LogP contribution in [0.15, 0.2) is 10.7 Å². The second-order valence-corrected chi connectivity index (χ2v) is 7.18. The van der Waals surface area contributed by atoms with Crippen LogP contribution in [0.3, 0.4) is 0 Å². The Kier molecular flexibility index (Phi) is 3.35. The van der Waals surface area contributed by atoms with Gasteiger partial charge in [-0.05, 0) is 38.7 Å². The summed E-state index contributed by atoms with van der Waals surface area (Å²) in [5.41, 5.74) is 0. The average Bonchev–Trinajstić information content (AvgIpc) is 3.18. The monoisotopic (exact) mass is 302 g/mol. The highest BCUT2D eigenvalue weighted by Gasteiger charge is 2.35. The van der Waals surface area contributed by atoms with Gasteiger partial charge in [0.1, 0.15) is 0 Å². The standard InChI is InChI=1S/C15H18N4OS/c1-9-16-8-13(21-9)4-5-14-18-15(19-20-14)10-6-11-2-3-12(7-10)17-11/h4-5,8,10-12,17H,2-3,6-7H2,1H3/b5-4+. The van der Waals surface area contributed by atoms with E-state index in [9.17, 15) is 0 Å². The van der Waals surface area contributed by atoms with Crippen molar-refractivity contribution < 1.29 is 4.52 Å². The van der Waals surface area contributed by atoms with Crippen molar-refractivity contribution in [1.29, 1.82) is 0 Å². The van der Waals surface area contributed by atoms with Gasteiger partial charge in [0.25, 0.3) is 5.89 Å². The van der Waals surface area contributed by atoms with E-state index in [1.807, 2.05) is 25.3 Å². The van der Waals surface area contributed by atoms with Crippen LogP contribution in [0.4, 0.5) is 0 Å². The van der Waals surface area contributed by atoms with Crippen LogP contribution in [0, 0.1) is 6.92 Å². The molecule has 2 aromatic rings. The van der Waals surface area contributed by atoms with E-state index in [0.29, 0.717) is 23.9 Å². The van der Waals surface area contributed by atoms with E-state index in [1.54, 1.807) is 11.3 Å². The van der Waals surface area contributed by atoms with Crippen molar-refractivity contribution in [2.24, 2.45) is 0 Å². The first-order valence-electron chi connectivity index (χ1n) is 7.46. The van der Waals surface area contributed by atoms with Gasteiger partial charge in [-0.2, -0.15) is 4.98 Å². The van der Waals surface area contributed by atoms with Crippen LogP contribution in [-0.2, 0) is 0 Å². The van der Waals surface area contributed by atoms with Crippen molar-refractivity contribution in [3.8, 4) is 0 Å². The zero-order valence-electron chi connectivity index (χ0n) is 12.0. The Labute approximate surface area is 127 Å². The second-order valence-electron chi connectivity index (χ2n) is 5.91. The number of hydrogen-bond acceptors (Lipinski definition) is 6. The Hall–Kier alpha value is -1.53. The summed E-state index contributed by atoms with van der Waals surface area (Å²) in [6, 6.07) is 1.29. The van der Waals surface area contributed by atoms with Crippen LogP contribution in [0.1, 0.15) is 53.2 Å². The molecule has 2 unspecified atom stereocenters. The van der Waals surface area contributed by atoms with E-state index in [0.717, 1.165) is 28.6 Å². The molecule has 0 amide bonds. The number of hydrogen-bond donors (Lipinski definition) is 1. The lowest BCUT2D eigenvalue weighted by Crippen LogP contribution is -2.37. The van der Waals surface area contributed by atoms with Crippen molar-refractivity contribution in [2.45, 2.75) is 50.6 Å². The van der Waals surface area contributed by atoms with Gasteiger partial charge in [-0.3, -0.25) is 0 Å². The summed E-state index contributed by atoms with van der Waals surface area (Å²) in [5, 5.41) is 8.88. The third-order valence-electron chi connectivity index (χ3n) is 4.32. The zero-order chi connectivity index (χ0) is 14.2. The van der Waals surface area contributed by atoms with Crippen molar-refractivity contribution in [3.63, 3.8) is 0 Å². The maximum Gasteiger partial charge on any atom is 0.250 e. The van der Waals surface area contributed by atoms with Crippen molar-refractivity contribution in [1.82, 2.24) is 20.4 Å². The number of piperidine rings is 1. The van der Waals surface area contributed by atoms with Crippen LogP contribution in [0.5, 0.6) is 0 Å². The van der Waals surface area contributed by atoms with Gasteiger partial charge in [-0.25, -0.2) is 4.98 Å². The molecule has 2 fully saturated rings. The van der Waals surface area contributed by atoms with E-state index >= 15 is 0 Å². The third-order valence-corrected chi connectivity index (χ3v) is 5.20. The van der Waals surface area contributed by atoms with Crippen LogP contribution in [0.2, 0.25) is 0 Å². The van der Waals surface area contributed by atoms with Gasteiger partial charge in [0.15, 0.2) is 5.82 Å². The molecule has 21 heavy (non-hydrogen) atoms. The van der Waals surface area contributed by atoms with E-state index in [-0.39, 0.29) is 0 Å². The molecule has 0 radical (unpaired) electrons. The second kappa shape index (κ2) is 5.35. The highest BCUT2D eigenvalue weighted by atomic mass is 32.1. The summed E-state index contributed by atoms with van der Waals surface area (Å²) < 4.78 is 5.35. The maximum atomic E-state index is 5.35.